The zero-order chi connectivity index (χ0) is 5.86. The lowest BCUT2D eigenvalue weighted by Gasteiger charge is -1.77. The Balaban J connectivity index is 3.32. The van der Waals surface area contributed by atoms with Gasteiger partial charge in [-0.3, -0.25) is 4.79 Å². The molecule has 0 bridgehead atoms. The minimum absolute atomic E-state index is 0.375. The van der Waals surface area contributed by atoms with Crippen molar-refractivity contribution in [2.45, 2.75) is 13.3 Å². The highest BCUT2D eigenvalue weighted by Crippen LogP contribution is 1.78. The summed E-state index contributed by atoms with van der Waals surface area (Å²) in [7, 11) is 0. The van der Waals surface area contributed by atoms with Gasteiger partial charge >= 0.3 is 5.97 Å². The van der Waals surface area contributed by atoms with Crippen LogP contribution < -0.4 is 0 Å². The highest BCUT2D eigenvalue weighted by molar-refractivity contribution is 5.92. The second-order valence-corrected chi connectivity index (χ2v) is 1.25. The lowest BCUT2D eigenvalue weighted by Crippen LogP contribution is -1.99. The van der Waals surface area contributed by atoms with Crippen LogP contribution in [0.1, 0.15) is 13.3 Å². The van der Waals surface area contributed by atoms with Crippen molar-refractivity contribution < 1.29 is 14.7 Å². The molecule has 39 valence electrons. The third-order valence-electron chi connectivity index (χ3n) is 0.393. The van der Waals surface area contributed by atoms with Gasteiger partial charge in [0.05, 0.1) is 0 Å². The molecule has 0 aliphatic carbocycles. The fourth-order valence-corrected chi connectivity index (χ4v) is 0.203. The van der Waals surface area contributed by atoms with Crippen molar-refractivity contribution in [3.05, 3.63) is 0 Å². The topological polar surface area (TPSA) is 54.0 Å². The third-order valence-corrected chi connectivity index (χ3v) is 0.393. The molecule has 0 aromatic rings. The Morgan fingerprint density at radius 2 is 1.86 bits per heavy atom. The molecule has 3 heteroatoms. The van der Waals surface area contributed by atoms with Gasteiger partial charge in [-0.1, -0.05) is 0 Å². The largest absolute Gasteiger partial charge is 0.362 e. The maximum atomic E-state index is 9.83. The smallest absolute Gasteiger partial charge is 0.299 e. The summed E-state index contributed by atoms with van der Waals surface area (Å²) >= 11 is 0. The van der Waals surface area contributed by atoms with Crippen molar-refractivity contribution >= 4 is 11.8 Å². The second kappa shape index (κ2) is 2.34. The lowest BCUT2D eigenvalue weighted by atomic mass is 10.3. The molecule has 0 rings (SSSR count). The molecule has 7 heavy (non-hydrogen) atoms. The predicted octanol–water partition coefficient (Wildman–Crippen LogP) is -0.0774. The SMILES string of the molecule is CC(=O)CC([O])=O. The summed E-state index contributed by atoms with van der Waals surface area (Å²) in [6.45, 7) is 1.20. The van der Waals surface area contributed by atoms with Gasteiger partial charge in [0, 0.05) is 0 Å². The molecule has 0 aromatic heterocycles. The van der Waals surface area contributed by atoms with Crippen LogP contribution in [0.3, 0.4) is 0 Å². The monoisotopic (exact) mass is 101 g/mol. The highest BCUT2D eigenvalue weighted by Gasteiger charge is 2.01. The van der Waals surface area contributed by atoms with Crippen LogP contribution >= 0.6 is 0 Å². The maximum absolute atomic E-state index is 9.83. The molecule has 0 atom stereocenters. The lowest BCUT2D eigenvalue weighted by molar-refractivity contribution is -0.145. The Morgan fingerprint density at radius 1 is 1.43 bits per heavy atom. The normalized spacial score (nSPS) is 8.14. The predicted molar refractivity (Wildman–Crippen MR) is 21.0 cm³/mol. The van der Waals surface area contributed by atoms with Gasteiger partial charge in [0.25, 0.3) is 0 Å². The van der Waals surface area contributed by atoms with E-state index in [1.807, 2.05) is 0 Å². The second-order valence-electron chi connectivity index (χ2n) is 1.25. The van der Waals surface area contributed by atoms with E-state index in [0.717, 1.165) is 0 Å². The maximum Gasteiger partial charge on any atom is 0.362 e. The first kappa shape index (κ1) is 6.14. The molecule has 0 aliphatic heterocycles. The summed E-state index contributed by atoms with van der Waals surface area (Å²) in [5.74, 6) is -1.69. The quantitative estimate of drug-likeness (QED) is 0.457. The van der Waals surface area contributed by atoms with Gasteiger partial charge in [0.15, 0.2) is 0 Å². The van der Waals surface area contributed by atoms with Crippen LogP contribution in [-0.2, 0) is 14.7 Å². The summed E-state index contributed by atoms with van der Waals surface area (Å²) in [6, 6.07) is 0. The average molecular weight is 101 g/mol. The van der Waals surface area contributed by atoms with Gasteiger partial charge in [0.2, 0.25) is 0 Å². The fourth-order valence-electron chi connectivity index (χ4n) is 0.203. The molecular weight excluding hydrogens is 96.0 g/mol. The van der Waals surface area contributed by atoms with Crippen LogP contribution in [0.5, 0.6) is 0 Å². The molecule has 0 fully saturated rings. The Bertz CT molecular complexity index is 83.1. The number of carbonyl (C=O) groups is 2. The zero-order valence-electron chi connectivity index (χ0n) is 3.93. The van der Waals surface area contributed by atoms with Crippen molar-refractivity contribution in [1.29, 1.82) is 0 Å². The zero-order valence-corrected chi connectivity index (χ0v) is 3.93. The standard InChI is InChI=1S/C4H5O3/c1-3(5)2-4(6)7/h2H2,1H3. The summed E-state index contributed by atoms with van der Waals surface area (Å²) < 4.78 is 0. The first-order chi connectivity index (χ1) is 3.13. The molecule has 0 unspecified atom stereocenters. The van der Waals surface area contributed by atoms with Gasteiger partial charge in [-0.15, -0.1) is 0 Å². The molecule has 0 saturated carbocycles. The van der Waals surface area contributed by atoms with E-state index in [-0.39, 0.29) is 5.78 Å². The van der Waals surface area contributed by atoms with Crippen LogP contribution in [-0.4, -0.2) is 11.8 Å². The molecule has 0 N–H and O–H groups in total. The van der Waals surface area contributed by atoms with E-state index < -0.39 is 12.4 Å². The Kier molecular flexibility index (Phi) is 2.05. The minimum Gasteiger partial charge on any atom is -0.299 e. The van der Waals surface area contributed by atoms with Gasteiger partial charge in [-0.2, -0.15) is 0 Å². The first-order valence-corrected chi connectivity index (χ1v) is 1.82. The van der Waals surface area contributed by atoms with E-state index in [1.54, 1.807) is 0 Å². The number of hydrogen-bond donors (Lipinski definition) is 0. The van der Waals surface area contributed by atoms with Crippen molar-refractivity contribution in [3.63, 3.8) is 0 Å². The van der Waals surface area contributed by atoms with E-state index in [2.05, 4.69) is 0 Å². The summed E-state index contributed by atoms with van der Waals surface area (Å²) in [5, 5.41) is 9.48. The number of ketones is 1. The van der Waals surface area contributed by atoms with Crippen LogP contribution in [0.2, 0.25) is 0 Å². The van der Waals surface area contributed by atoms with Gasteiger partial charge < -0.3 is 0 Å². The van der Waals surface area contributed by atoms with E-state index in [4.69, 9.17) is 0 Å². The Morgan fingerprint density at radius 3 is 1.86 bits per heavy atom. The van der Waals surface area contributed by atoms with Crippen LogP contribution in [0.15, 0.2) is 0 Å². The fraction of sp³-hybridized carbons (Fsp3) is 0.500. The van der Waals surface area contributed by atoms with Gasteiger partial charge in [-0.25, -0.2) is 9.90 Å². The molecule has 0 spiro atoms. The van der Waals surface area contributed by atoms with Crippen LogP contribution in [0.25, 0.3) is 0 Å². The van der Waals surface area contributed by atoms with Crippen molar-refractivity contribution in [3.8, 4) is 0 Å². The number of Topliss-reactive ketones (excluding diaryl/α,β-unsaturated/α-hetero) is 1. The molecule has 0 aliphatic rings. The first-order valence-electron chi connectivity index (χ1n) is 1.82. The third kappa shape index (κ3) is 5.14. The highest BCUT2D eigenvalue weighted by atomic mass is 16.4. The van der Waals surface area contributed by atoms with Crippen LogP contribution in [0.4, 0.5) is 0 Å². The number of hydrogen-bond acceptors (Lipinski definition) is 2. The number of rotatable bonds is 2. The van der Waals surface area contributed by atoms with E-state index in [9.17, 15) is 14.7 Å². The number of carbonyl (C=O) groups excluding carboxylic acids is 2. The van der Waals surface area contributed by atoms with Gasteiger partial charge in [-0.05, 0) is 6.92 Å². The summed E-state index contributed by atoms with van der Waals surface area (Å²) in [5.41, 5.74) is 0. The molecule has 0 heterocycles. The van der Waals surface area contributed by atoms with Crippen molar-refractivity contribution in [2.24, 2.45) is 0 Å². The molecule has 0 aromatic carbocycles. The van der Waals surface area contributed by atoms with Crippen molar-refractivity contribution in [1.82, 2.24) is 0 Å². The Hall–Kier alpha value is -0.860. The molecule has 0 amide bonds. The van der Waals surface area contributed by atoms with E-state index in [1.165, 1.54) is 6.92 Å². The van der Waals surface area contributed by atoms with Crippen molar-refractivity contribution in [2.75, 3.05) is 0 Å². The van der Waals surface area contributed by atoms with E-state index >= 15 is 0 Å². The molecule has 3 nitrogen and oxygen atoms in total. The minimum atomic E-state index is -1.31. The molecule has 1 radical (unpaired) electrons. The summed E-state index contributed by atoms with van der Waals surface area (Å²) in [4.78, 5) is 19.3. The Labute approximate surface area is 41.0 Å². The van der Waals surface area contributed by atoms with Crippen LogP contribution in [0, 0.1) is 0 Å². The van der Waals surface area contributed by atoms with Gasteiger partial charge in [0.1, 0.15) is 12.2 Å². The summed E-state index contributed by atoms with van der Waals surface area (Å²) in [6.07, 6.45) is -0.472. The molecule has 0 saturated heterocycles. The van der Waals surface area contributed by atoms with E-state index in [0.29, 0.717) is 0 Å². The average Bonchev–Trinajstić information content (AvgIpc) is 1.27. The molecular formula is C4H5O3.